The minimum Gasteiger partial charge on any atom is -0.481 e. The smallest absolute Gasteiger partial charge is 0.326 e. The summed E-state index contributed by atoms with van der Waals surface area (Å²) >= 11 is 0. The molecule has 27 heteroatoms. The lowest BCUT2D eigenvalue weighted by atomic mass is 9.81. The Labute approximate surface area is 511 Å². The summed E-state index contributed by atoms with van der Waals surface area (Å²) in [6.07, 6.45) is 14.6. The van der Waals surface area contributed by atoms with Crippen molar-refractivity contribution < 1.29 is 69.0 Å². The van der Waals surface area contributed by atoms with Gasteiger partial charge < -0.3 is 73.2 Å². The fourth-order valence-corrected chi connectivity index (χ4v) is 11.4. The number of urea groups is 1. The van der Waals surface area contributed by atoms with Crippen molar-refractivity contribution in [1.29, 1.82) is 0 Å². The lowest BCUT2D eigenvalue weighted by Gasteiger charge is -2.36. The minimum absolute atomic E-state index is 0.0152. The van der Waals surface area contributed by atoms with Crippen molar-refractivity contribution in [1.82, 2.24) is 40.7 Å². The maximum Gasteiger partial charge on any atom is 0.326 e. The van der Waals surface area contributed by atoms with Crippen LogP contribution in [-0.2, 0) is 40.0 Å². The first kappa shape index (κ1) is 72.5. The average Bonchev–Trinajstić information content (AvgIpc) is 2.59. The number of anilines is 4. The molecule has 2 saturated heterocycles. The van der Waals surface area contributed by atoms with Gasteiger partial charge in [-0.05, 0) is 138 Å². The first-order valence-electron chi connectivity index (χ1n) is 31.4. The second-order valence-corrected chi connectivity index (χ2v) is 23.4. The van der Waals surface area contributed by atoms with Gasteiger partial charge >= 0.3 is 41.8 Å². The van der Waals surface area contributed by atoms with Crippen molar-refractivity contribution in [2.24, 2.45) is 29.2 Å². The van der Waals surface area contributed by atoms with Gasteiger partial charge in [-0.25, -0.2) is 14.4 Å². The molecule has 2 aliphatic rings. The average molecular weight is 1230 g/mol. The summed E-state index contributed by atoms with van der Waals surface area (Å²) in [7, 11) is 0. The number of nitrogens with zero attached hydrogens (tertiary/aromatic N) is 7. The zero-order chi connectivity index (χ0) is 63.5. The minimum atomic E-state index is -1.49. The lowest BCUT2D eigenvalue weighted by Crippen LogP contribution is -2.51. The molecule has 0 bridgehead atoms. The first-order chi connectivity index (χ1) is 41.7. The Morgan fingerprint density at radius 3 is 1.76 bits per heavy atom. The number of hydrogen-bond donors (Lipinski definition) is 12. The maximum absolute atomic E-state index is 12.4. The summed E-state index contributed by atoms with van der Waals surface area (Å²) in [5.74, 6) is -4.45. The van der Waals surface area contributed by atoms with Crippen molar-refractivity contribution in [2.75, 3.05) is 93.7 Å². The largest absolute Gasteiger partial charge is 0.481 e. The molecule has 27 nitrogen and oxygen atoms in total. The van der Waals surface area contributed by atoms with Crippen LogP contribution in [0.25, 0.3) is 0 Å². The van der Waals surface area contributed by atoms with E-state index in [4.69, 9.17) is 31.5 Å². The number of carbonyl (C=O) groups is 8. The van der Waals surface area contributed by atoms with Crippen LogP contribution >= 0.6 is 0 Å². The van der Waals surface area contributed by atoms with E-state index < -0.39 is 60.4 Å². The molecule has 1 aromatic carbocycles. The third-order valence-electron chi connectivity index (χ3n) is 16.6. The van der Waals surface area contributed by atoms with E-state index in [2.05, 4.69) is 42.9 Å². The van der Waals surface area contributed by atoms with E-state index in [0.29, 0.717) is 88.3 Å². The van der Waals surface area contributed by atoms with Crippen LogP contribution in [0.2, 0.25) is 0 Å². The van der Waals surface area contributed by atoms with Crippen LogP contribution in [0.15, 0.2) is 24.3 Å². The monoisotopic (exact) mass is 1230 g/mol. The highest BCUT2D eigenvalue weighted by molar-refractivity contribution is 5.86. The highest BCUT2D eigenvalue weighted by atomic mass is 16.4. The summed E-state index contributed by atoms with van der Waals surface area (Å²) in [4.78, 5) is 117. The number of piperidine rings is 1. The number of amides is 3. The van der Waals surface area contributed by atoms with Crippen LogP contribution in [-0.4, -0.2) is 200 Å². The van der Waals surface area contributed by atoms with Crippen molar-refractivity contribution in [3.05, 3.63) is 29.8 Å². The molecule has 2 fully saturated rings. The molecule has 4 rings (SSSR count). The lowest BCUT2D eigenvalue weighted by molar-refractivity contribution is -0.141. The van der Waals surface area contributed by atoms with E-state index in [0.717, 1.165) is 134 Å². The van der Waals surface area contributed by atoms with Crippen LogP contribution in [0, 0.1) is 17.8 Å². The Balaban J connectivity index is 1.23. The Hall–Kier alpha value is -6.97. The molecule has 488 valence electrons. The molecule has 3 unspecified atom stereocenters. The molecular formula is C60H99N13O14. The number of hydrogen-bond acceptors (Lipinski definition) is 18. The number of carboxylic acid groups (broad SMARTS) is 6. The highest BCUT2D eigenvalue weighted by Crippen LogP contribution is 2.31. The van der Waals surface area contributed by atoms with Crippen LogP contribution in [0.1, 0.15) is 160 Å². The predicted molar refractivity (Wildman–Crippen MR) is 328 cm³/mol. The van der Waals surface area contributed by atoms with E-state index in [1.165, 1.54) is 0 Å². The van der Waals surface area contributed by atoms with Crippen LogP contribution in [0.5, 0.6) is 0 Å². The van der Waals surface area contributed by atoms with E-state index in [1.54, 1.807) is 0 Å². The van der Waals surface area contributed by atoms with Gasteiger partial charge in [0, 0.05) is 96.3 Å². The molecule has 0 saturated carbocycles. The van der Waals surface area contributed by atoms with Gasteiger partial charge in [-0.15, -0.1) is 0 Å². The molecule has 3 amide bonds. The fraction of sp³-hybridized carbons (Fsp3) is 0.717. The zero-order valence-corrected chi connectivity index (χ0v) is 51.0. The van der Waals surface area contributed by atoms with E-state index >= 15 is 0 Å². The standard InChI is InChI=1S/C60H99N13O14/c1-42(25-28-61)45(19-23-52(77)78)40-47(73(34-29-62)41-54(81)82)39-44-17-20-46(21-18-44)64-57-67-58(71-32-26-43(27-33-71)13-12-16-51(75)76)69-59(68-57)72-37-35-70(36-38-72)31-11-7-5-3-2-4-6-8-15-50(74)63-30-10-9-14-48(55(83)84)65-60(87)66-49(56(85)86)22-24-53(79)80/h17-18,20-21,42-43,45,47-49H,2-16,19,22-41,61-62H2,1H3,(H,63,74)(H,75,76)(H,77,78)(H,79,80)(H,81,82)(H,83,84)(H,85,86)(H2,65,66,87)(H,64,67,68,69)/t42?,45?,47?,48-,49-/m0/s1. The van der Waals surface area contributed by atoms with Gasteiger partial charge in [-0.2, -0.15) is 15.0 Å². The number of unbranched alkanes of at least 4 members (excludes halogenated alkanes) is 8. The maximum atomic E-state index is 12.4. The van der Waals surface area contributed by atoms with Gasteiger partial charge in [-0.1, -0.05) is 57.6 Å². The molecule has 0 radical (unpaired) electrons. The molecule has 14 N–H and O–H groups in total. The quantitative estimate of drug-likeness (QED) is 0.0379. The number of nitrogens with one attached hydrogen (secondary N) is 4. The second-order valence-electron chi connectivity index (χ2n) is 23.4. The first-order valence-corrected chi connectivity index (χ1v) is 31.4. The topological polar surface area (TPSA) is 410 Å². The summed E-state index contributed by atoms with van der Waals surface area (Å²) in [5, 5.41) is 66.8. The van der Waals surface area contributed by atoms with Gasteiger partial charge in [0.1, 0.15) is 12.1 Å². The Morgan fingerprint density at radius 1 is 0.609 bits per heavy atom. The van der Waals surface area contributed by atoms with Gasteiger partial charge in [0.2, 0.25) is 23.8 Å². The number of rotatable bonds is 46. The number of nitrogens with two attached hydrogens (primary N) is 2. The van der Waals surface area contributed by atoms with Crippen molar-refractivity contribution in [2.45, 2.75) is 179 Å². The van der Waals surface area contributed by atoms with Crippen LogP contribution < -0.4 is 42.5 Å². The summed E-state index contributed by atoms with van der Waals surface area (Å²) in [6, 6.07) is 3.91. The van der Waals surface area contributed by atoms with Crippen molar-refractivity contribution >= 4 is 71.3 Å². The number of aliphatic carboxylic acids is 6. The molecule has 1 aromatic heterocycles. The fourth-order valence-electron chi connectivity index (χ4n) is 11.4. The third kappa shape index (κ3) is 29.5. The van der Waals surface area contributed by atoms with Gasteiger partial charge in [0.15, 0.2) is 0 Å². The third-order valence-corrected chi connectivity index (χ3v) is 16.6. The molecule has 2 aliphatic heterocycles. The van der Waals surface area contributed by atoms with E-state index in [9.17, 15) is 63.9 Å². The summed E-state index contributed by atoms with van der Waals surface area (Å²) < 4.78 is 0. The normalized spacial score (nSPS) is 15.7. The summed E-state index contributed by atoms with van der Waals surface area (Å²) in [5.41, 5.74) is 13.7. The number of carboxylic acids is 6. The molecule has 2 aromatic rings. The van der Waals surface area contributed by atoms with Crippen LogP contribution in [0.3, 0.4) is 0 Å². The number of aromatic nitrogens is 3. The molecule has 87 heavy (non-hydrogen) atoms. The Bertz CT molecular complexity index is 2430. The van der Waals surface area contributed by atoms with Gasteiger partial charge in [-0.3, -0.25) is 33.8 Å². The van der Waals surface area contributed by atoms with Crippen molar-refractivity contribution in [3.8, 4) is 0 Å². The Kier molecular flexibility index (Phi) is 33.7. The SMILES string of the molecule is CC(CCN)C(CCC(=O)O)CC(Cc1ccc(Nc2nc(N3CCC(CCCC(=O)O)CC3)nc(N3CCN(CCCCCCCCCCC(=O)NCCCC[C@H](NC(=O)N[C@@H](CCC(=O)O)C(=O)O)C(=O)O)CC3)n2)cc1)N(CCN)CC(=O)O. The van der Waals surface area contributed by atoms with Gasteiger partial charge in [0.25, 0.3) is 0 Å². The molecule has 0 aliphatic carbocycles. The highest BCUT2D eigenvalue weighted by Gasteiger charge is 2.30. The number of piperazine rings is 1. The summed E-state index contributed by atoms with van der Waals surface area (Å²) in [6.45, 7) is 9.08. The molecule has 0 spiro atoms. The van der Waals surface area contributed by atoms with E-state index in [-0.39, 0.29) is 62.6 Å². The second kappa shape index (κ2) is 40.5. The van der Waals surface area contributed by atoms with Gasteiger partial charge in [0.05, 0.1) is 6.54 Å². The molecule has 5 atom stereocenters. The number of benzene rings is 1. The molecular weight excluding hydrogens is 1130 g/mol. The zero-order valence-electron chi connectivity index (χ0n) is 51.0. The number of carbonyl (C=O) groups excluding carboxylic acids is 2. The van der Waals surface area contributed by atoms with Crippen molar-refractivity contribution in [3.63, 3.8) is 0 Å². The van der Waals surface area contributed by atoms with E-state index in [1.807, 2.05) is 29.2 Å². The predicted octanol–water partition coefficient (Wildman–Crippen LogP) is 5.19. The van der Waals surface area contributed by atoms with Crippen LogP contribution in [0.4, 0.5) is 28.3 Å². The molecule has 3 heterocycles. The Morgan fingerprint density at radius 2 is 1.18 bits per heavy atom.